The van der Waals surface area contributed by atoms with Crippen LogP contribution in [0.1, 0.15) is 58.1 Å². The molecule has 0 aliphatic carbocycles. The van der Waals surface area contributed by atoms with Gasteiger partial charge in [-0.3, -0.25) is 9.69 Å². The normalized spacial score (nSPS) is 11.3. The van der Waals surface area contributed by atoms with Crippen molar-refractivity contribution >= 4 is 0 Å². The third kappa shape index (κ3) is 7.18. The maximum atomic E-state index is 11.7. The third-order valence-corrected chi connectivity index (χ3v) is 4.20. The van der Waals surface area contributed by atoms with Gasteiger partial charge in [-0.1, -0.05) is 46.0 Å². The highest BCUT2D eigenvalue weighted by molar-refractivity contribution is 5.20. The number of aliphatic hydroxyl groups excluding tert-OH is 1. The van der Waals surface area contributed by atoms with Crippen LogP contribution in [0.3, 0.4) is 0 Å². The molecule has 5 heteroatoms. The first-order chi connectivity index (χ1) is 11.1. The molecule has 23 heavy (non-hydrogen) atoms. The first kappa shape index (κ1) is 19.7. The number of aromatic nitrogens is 1. The van der Waals surface area contributed by atoms with Gasteiger partial charge in [0.25, 0.3) is 0 Å². The molecule has 0 saturated heterocycles. The maximum Gasteiger partial charge on any atom is 0.223 e. The van der Waals surface area contributed by atoms with Crippen molar-refractivity contribution in [1.82, 2.24) is 9.47 Å². The Morgan fingerprint density at radius 2 is 1.83 bits per heavy atom. The zero-order chi connectivity index (χ0) is 17.1. The van der Waals surface area contributed by atoms with E-state index in [1.807, 2.05) is 11.5 Å². The first-order valence-electron chi connectivity index (χ1n) is 8.87. The smallest absolute Gasteiger partial charge is 0.223 e. The lowest BCUT2D eigenvalue weighted by Crippen LogP contribution is -2.28. The van der Waals surface area contributed by atoms with Crippen LogP contribution in [-0.4, -0.2) is 39.4 Å². The lowest BCUT2D eigenvalue weighted by atomic mass is 10.1. The molecule has 0 bridgehead atoms. The largest absolute Gasteiger partial charge is 0.503 e. The topological polar surface area (TPSA) is 65.7 Å². The average Bonchev–Trinajstić information content (AvgIpc) is 2.54. The number of aliphatic hydroxyl groups is 1. The molecule has 0 spiro atoms. The van der Waals surface area contributed by atoms with E-state index in [0.717, 1.165) is 25.2 Å². The quantitative estimate of drug-likeness (QED) is 0.580. The number of hydrogen-bond acceptors (Lipinski definition) is 4. The second-order valence-electron chi connectivity index (χ2n) is 6.07. The van der Waals surface area contributed by atoms with Gasteiger partial charge in [-0.05, 0) is 13.0 Å². The standard InChI is InChI=1S/C18H32N2O3/c1-3-5-6-7-8-9-10-20-15-18(23)17(22)13-16(20)14-19(4-2)11-12-21/h13,15,21,23H,3-12,14H2,1-2H3. The molecular formula is C18H32N2O3. The summed E-state index contributed by atoms with van der Waals surface area (Å²) in [6, 6.07) is 1.52. The highest BCUT2D eigenvalue weighted by Crippen LogP contribution is 2.12. The first-order valence-corrected chi connectivity index (χ1v) is 8.87. The molecule has 0 unspecified atom stereocenters. The van der Waals surface area contributed by atoms with Gasteiger partial charge in [0.2, 0.25) is 5.43 Å². The van der Waals surface area contributed by atoms with Gasteiger partial charge in [0.05, 0.1) is 12.8 Å². The molecule has 0 atom stereocenters. The molecule has 5 nitrogen and oxygen atoms in total. The number of aromatic hydroxyl groups is 1. The predicted molar refractivity (Wildman–Crippen MR) is 93.8 cm³/mol. The van der Waals surface area contributed by atoms with E-state index >= 15 is 0 Å². The zero-order valence-electron chi connectivity index (χ0n) is 14.6. The van der Waals surface area contributed by atoms with Crippen LogP contribution in [0, 0.1) is 0 Å². The number of aryl methyl sites for hydroxylation is 1. The molecule has 1 aromatic heterocycles. The van der Waals surface area contributed by atoms with E-state index in [0.29, 0.717) is 13.1 Å². The summed E-state index contributed by atoms with van der Waals surface area (Å²) in [6.45, 7) is 7.17. The monoisotopic (exact) mass is 324 g/mol. The van der Waals surface area contributed by atoms with Gasteiger partial charge < -0.3 is 14.8 Å². The number of rotatable bonds is 12. The van der Waals surface area contributed by atoms with Crippen LogP contribution in [0.4, 0.5) is 0 Å². The van der Waals surface area contributed by atoms with E-state index in [4.69, 9.17) is 5.11 Å². The summed E-state index contributed by atoms with van der Waals surface area (Å²) in [5, 5.41) is 18.8. The maximum absolute atomic E-state index is 11.7. The SMILES string of the molecule is CCCCCCCCn1cc(O)c(=O)cc1CN(CC)CCO. The van der Waals surface area contributed by atoms with Gasteiger partial charge in [-0.25, -0.2) is 0 Å². The highest BCUT2D eigenvalue weighted by atomic mass is 16.3. The van der Waals surface area contributed by atoms with Crippen LogP contribution in [0.5, 0.6) is 5.75 Å². The average molecular weight is 324 g/mol. The molecule has 0 amide bonds. The lowest BCUT2D eigenvalue weighted by Gasteiger charge is -2.22. The molecular weight excluding hydrogens is 292 g/mol. The number of unbranched alkanes of at least 4 members (excludes halogenated alkanes) is 5. The summed E-state index contributed by atoms with van der Waals surface area (Å²) < 4.78 is 1.98. The van der Waals surface area contributed by atoms with Gasteiger partial charge in [-0.15, -0.1) is 0 Å². The summed E-state index contributed by atoms with van der Waals surface area (Å²) in [5.74, 6) is -0.190. The fourth-order valence-electron chi connectivity index (χ4n) is 2.73. The molecule has 1 aromatic rings. The van der Waals surface area contributed by atoms with Crippen molar-refractivity contribution in [3.63, 3.8) is 0 Å². The van der Waals surface area contributed by atoms with Crippen LogP contribution in [0.15, 0.2) is 17.1 Å². The van der Waals surface area contributed by atoms with E-state index in [1.54, 1.807) is 6.20 Å². The summed E-state index contributed by atoms with van der Waals surface area (Å²) in [5.41, 5.74) is 0.566. The summed E-state index contributed by atoms with van der Waals surface area (Å²) >= 11 is 0. The molecule has 2 N–H and O–H groups in total. The van der Waals surface area contributed by atoms with Crippen molar-refractivity contribution in [2.75, 3.05) is 19.7 Å². The molecule has 0 saturated carbocycles. The third-order valence-electron chi connectivity index (χ3n) is 4.20. The van der Waals surface area contributed by atoms with Crippen molar-refractivity contribution in [1.29, 1.82) is 0 Å². The summed E-state index contributed by atoms with van der Waals surface area (Å²) in [6.07, 6.45) is 8.81. The van der Waals surface area contributed by atoms with Gasteiger partial charge in [0.1, 0.15) is 0 Å². The van der Waals surface area contributed by atoms with Gasteiger partial charge in [-0.2, -0.15) is 0 Å². The van der Waals surface area contributed by atoms with Crippen molar-refractivity contribution < 1.29 is 10.2 Å². The van der Waals surface area contributed by atoms with Crippen molar-refractivity contribution in [2.45, 2.75) is 65.5 Å². The van der Waals surface area contributed by atoms with E-state index in [9.17, 15) is 9.90 Å². The van der Waals surface area contributed by atoms with E-state index < -0.39 is 0 Å². The highest BCUT2D eigenvalue weighted by Gasteiger charge is 2.10. The van der Waals surface area contributed by atoms with E-state index in [-0.39, 0.29) is 17.8 Å². The van der Waals surface area contributed by atoms with Crippen LogP contribution >= 0.6 is 0 Å². The minimum atomic E-state index is -0.334. The molecule has 1 rings (SSSR count). The number of nitrogens with zero attached hydrogens (tertiary/aromatic N) is 2. The summed E-state index contributed by atoms with van der Waals surface area (Å²) in [4.78, 5) is 13.8. The van der Waals surface area contributed by atoms with E-state index in [1.165, 1.54) is 38.2 Å². The van der Waals surface area contributed by atoms with Gasteiger partial charge in [0, 0.05) is 31.4 Å². The van der Waals surface area contributed by atoms with Crippen LogP contribution in [-0.2, 0) is 13.1 Å². The molecule has 0 aliphatic rings. The Hall–Kier alpha value is -1.33. The van der Waals surface area contributed by atoms with Crippen molar-refractivity contribution in [3.8, 4) is 5.75 Å². The Kier molecular flexibility index (Phi) is 9.64. The molecule has 0 radical (unpaired) electrons. The molecule has 0 fully saturated rings. The van der Waals surface area contributed by atoms with Crippen LogP contribution < -0.4 is 5.43 Å². The minimum Gasteiger partial charge on any atom is -0.503 e. The number of pyridine rings is 1. The molecule has 1 heterocycles. The van der Waals surface area contributed by atoms with E-state index in [2.05, 4.69) is 11.8 Å². The zero-order valence-corrected chi connectivity index (χ0v) is 14.6. The number of likely N-dealkylation sites (N-methyl/N-ethyl adjacent to an activating group) is 1. The predicted octanol–water partition coefficient (Wildman–Crippen LogP) is 2.73. The fraction of sp³-hybridized carbons (Fsp3) is 0.722. The molecule has 0 aromatic carbocycles. The van der Waals surface area contributed by atoms with Gasteiger partial charge in [0.15, 0.2) is 5.75 Å². The Bertz CT molecular complexity index is 500. The second-order valence-corrected chi connectivity index (χ2v) is 6.07. The Morgan fingerprint density at radius 3 is 2.48 bits per heavy atom. The lowest BCUT2D eigenvalue weighted by molar-refractivity contribution is 0.193. The fourth-order valence-corrected chi connectivity index (χ4v) is 2.73. The van der Waals surface area contributed by atoms with Crippen molar-refractivity contribution in [3.05, 3.63) is 28.2 Å². The van der Waals surface area contributed by atoms with Gasteiger partial charge >= 0.3 is 0 Å². The van der Waals surface area contributed by atoms with Crippen LogP contribution in [0.25, 0.3) is 0 Å². The summed E-state index contributed by atoms with van der Waals surface area (Å²) in [7, 11) is 0. The van der Waals surface area contributed by atoms with Crippen LogP contribution in [0.2, 0.25) is 0 Å². The Morgan fingerprint density at radius 1 is 1.13 bits per heavy atom. The Labute approximate surface area is 139 Å². The molecule has 0 aliphatic heterocycles. The Balaban J connectivity index is 2.68. The minimum absolute atomic E-state index is 0.105. The molecule has 132 valence electrons. The number of hydrogen-bond donors (Lipinski definition) is 2. The van der Waals surface area contributed by atoms with Crippen molar-refractivity contribution in [2.24, 2.45) is 0 Å². The second kappa shape index (κ2) is 11.2.